The second-order valence-electron chi connectivity index (χ2n) is 5.01. The summed E-state index contributed by atoms with van der Waals surface area (Å²) in [6.07, 6.45) is 0.620. The lowest BCUT2D eigenvalue weighted by molar-refractivity contribution is -0.134. The van der Waals surface area contributed by atoms with Gasteiger partial charge < -0.3 is 5.11 Å². The maximum Gasteiger partial charge on any atom is 0.364 e. The van der Waals surface area contributed by atoms with Gasteiger partial charge in [0.1, 0.15) is 5.25 Å². The zero-order valence-electron chi connectivity index (χ0n) is 12.3. The van der Waals surface area contributed by atoms with E-state index in [4.69, 9.17) is 5.11 Å². The van der Waals surface area contributed by atoms with Crippen LogP contribution in [0.25, 0.3) is 0 Å². The molecule has 0 aromatic heterocycles. The van der Waals surface area contributed by atoms with Crippen molar-refractivity contribution in [1.29, 1.82) is 0 Å². The third-order valence-corrected chi connectivity index (χ3v) is 5.27. The topological polar surface area (TPSA) is 71.4 Å². The van der Waals surface area contributed by atoms with Gasteiger partial charge in [-0.2, -0.15) is 4.39 Å². The van der Waals surface area contributed by atoms with Crippen molar-refractivity contribution < 1.29 is 22.7 Å². The van der Waals surface area contributed by atoms with Crippen LogP contribution in [0.2, 0.25) is 0 Å². The number of halogens is 1. The van der Waals surface area contributed by atoms with E-state index < -0.39 is 26.9 Å². The molecule has 0 aliphatic rings. The molecule has 0 saturated heterocycles. The SMILES string of the molecule is Cc1cccc(S(=O)(=O)C(/C=C(\F)C(=O)O)c2ccccc2)c1. The molecule has 0 aliphatic carbocycles. The number of benzene rings is 2. The van der Waals surface area contributed by atoms with Crippen LogP contribution in [0.4, 0.5) is 4.39 Å². The van der Waals surface area contributed by atoms with Crippen LogP contribution in [0, 0.1) is 6.92 Å². The fourth-order valence-electron chi connectivity index (χ4n) is 2.15. The number of carboxylic acids is 1. The minimum absolute atomic E-state index is 0.0146. The minimum atomic E-state index is -3.98. The molecule has 0 fully saturated rings. The van der Waals surface area contributed by atoms with Crippen LogP contribution in [0.5, 0.6) is 0 Å². The molecule has 0 saturated carbocycles. The predicted molar refractivity (Wildman–Crippen MR) is 84.4 cm³/mol. The first kappa shape index (κ1) is 16.9. The van der Waals surface area contributed by atoms with E-state index in [2.05, 4.69) is 0 Å². The van der Waals surface area contributed by atoms with Gasteiger partial charge in [-0.15, -0.1) is 0 Å². The number of hydrogen-bond acceptors (Lipinski definition) is 3. The summed E-state index contributed by atoms with van der Waals surface area (Å²) in [6.45, 7) is 1.74. The molecule has 2 aromatic rings. The first-order chi connectivity index (χ1) is 10.8. The van der Waals surface area contributed by atoms with Gasteiger partial charge in [0.05, 0.1) is 4.90 Å². The van der Waals surface area contributed by atoms with Crippen molar-refractivity contribution in [2.24, 2.45) is 0 Å². The Morgan fingerprint density at radius 2 is 1.78 bits per heavy atom. The monoisotopic (exact) mass is 334 g/mol. The zero-order chi connectivity index (χ0) is 17.0. The van der Waals surface area contributed by atoms with Crippen molar-refractivity contribution in [3.8, 4) is 0 Å². The molecule has 0 heterocycles. The fourth-order valence-corrected chi connectivity index (χ4v) is 3.88. The lowest BCUT2D eigenvalue weighted by atomic mass is 10.1. The van der Waals surface area contributed by atoms with E-state index in [0.717, 1.165) is 5.56 Å². The molecule has 1 N–H and O–H groups in total. The molecule has 23 heavy (non-hydrogen) atoms. The summed E-state index contributed by atoms with van der Waals surface area (Å²) in [5.74, 6) is -3.31. The highest BCUT2D eigenvalue weighted by Gasteiger charge is 2.29. The Bertz CT molecular complexity index is 842. The van der Waals surface area contributed by atoms with E-state index in [0.29, 0.717) is 11.6 Å². The summed E-state index contributed by atoms with van der Waals surface area (Å²) in [5, 5.41) is 7.30. The van der Waals surface area contributed by atoms with E-state index in [1.54, 1.807) is 37.3 Å². The molecular formula is C17H15FO4S. The summed E-state index contributed by atoms with van der Waals surface area (Å²) in [4.78, 5) is 10.8. The number of carboxylic acid groups (broad SMARTS) is 1. The van der Waals surface area contributed by atoms with Gasteiger partial charge in [0, 0.05) is 0 Å². The van der Waals surface area contributed by atoms with Crippen molar-refractivity contribution in [3.63, 3.8) is 0 Å². The molecule has 1 unspecified atom stereocenters. The van der Waals surface area contributed by atoms with E-state index in [1.165, 1.54) is 24.3 Å². The maximum atomic E-state index is 13.6. The smallest absolute Gasteiger partial charge is 0.364 e. The third kappa shape index (κ3) is 3.84. The van der Waals surface area contributed by atoms with Gasteiger partial charge >= 0.3 is 5.97 Å². The molecule has 0 bridgehead atoms. The second-order valence-corrected chi connectivity index (χ2v) is 7.08. The number of aliphatic carboxylic acids is 1. The summed E-state index contributed by atoms with van der Waals surface area (Å²) in [7, 11) is -3.98. The van der Waals surface area contributed by atoms with Crippen molar-refractivity contribution in [2.45, 2.75) is 17.1 Å². The van der Waals surface area contributed by atoms with Crippen LogP contribution in [0.1, 0.15) is 16.4 Å². The van der Waals surface area contributed by atoms with Gasteiger partial charge in [-0.25, -0.2) is 13.2 Å². The van der Waals surface area contributed by atoms with Gasteiger partial charge in [0.2, 0.25) is 5.83 Å². The van der Waals surface area contributed by atoms with Crippen LogP contribution < -0.4 is 0 Å². The highest BCUT2D eigenvalue weighted by Crippen LogP contribution is 2.31. The Kier molecular flexibility index (Phi) is 4.95. The summed E-state index contributed by atoms with van der Waals surface area (Å²) in [6, 6.07) is 14.2. The van der Waals surface area contributed by atoms with Crippen molar-refractivity contribution in [1.82, 2.24) is 0 Å². The molecule has 2 aromatic carbocycles. The van der Waals surface area contributed by atoms with E-state index in [-0.39, 0.29) is 4.90 Å². The molecule has 0 radical (unpaired) electrons. The third-order valence-electron chi connectivity index (χ3n) is 3.28. The number of carbonyl (C=O) groups is 1. The number of aryl methyl sites for hydroxylation is 1. The molecule has 0 amide bonds. The zero-order valence-corrected chi connectivity index (χ0v) is 13.1. The summed E-state index contributed by atoms with van der Waals surface area (Å²) >= 11 is 0. The summed E-state index contributed by atoms with van der Waals surface area (Å²) < 4.78 is 39.3. The van der Waals surface area contributed by atoms with Crippen LogP contribution in [0.15, 0.2) is 71.4 Å². The average Bonchev–Trinajstić information content (AvgIpc) is 2.52. The van der Waals surface area contributed by atoms with E-state index >= 15 is 0 Å². The largest absolute Gasteiger partial charge is 0.476 e. The van der Waals surface area contributed by atoms with Crippen LogP contribution >= 0.6 is 0 Å². The average molecular weight is 334 g/mol. The Balaban J connectivity index is 2.62. The van der Waals surface area contributed by atoms with Crippen molar-refractivity contribution in [3.05, 3.63) is 77.6 Å². The predicted octanol–water partition coefficient (Wildman–Crippen LogP) is 3.45. The lowest BCUT2D eigenvalue weighted by Gasteiger charge is -2.15. The van der Waals surface area contributed by atoms with Crippen LogP contribution in [-0.2, 0) is 14.6 Å². The maximum absolute atomic E-state index is 13.6. The molecule has 120 valence electrons. The van der Waals surface area contributed by atoms with Crippen molar-refractivity contribution in [2.75, 3.05) is 0 Å². The molecular weight excluding hydrogens is 319 g/mol. The van der Waals surface area contributed by atoms with E-state index in [9.17, 15) is 17.6 Å². The fraction of sp³-hybridized carbons (Fsp3) is 0.118. The molecule has 0 aliphatic heterocycles. The quantitative estimate of drug-likeness (QED) is 0.850. The molecule has 6 heteroatoms. The highest BCUT2D eigenvalue weighted by molar-refractivity contribution is 7.91. The molecule has 2 rings (SSSR count). The Labute approximate surface area is 133 Å². The van der Waals surface area contributed by atoms with Gasteiger partial charge in [-0.1, -0.05) is 42.5 Å². The number of hydrogen-bond donors (Lipinski definition) is 1. The Hall–Kier alpha value is -2.47. The van der Waals surface area contributed by atoms with Crippen LogP contribution in [0.3, 0.4) is 0 Å². The van der Waals surface area contributed by atoms with E-state index in [1.807, 2.05) is 0 Å². The normalized spacial score (nSPS) is 13.6. The summed E-state index contributed by atoms with van der Waals surface area (Å²) in [5.41, 5.74) is 1.03. The van der Waals surface area contributed by atoms with Gasteiger partial charge in [-0.05, 0) is 36.3 Å². The lowest BCUT2D eigenvalue weighted by Crippen LogP contribution is -2.13. The standard InChI is InChI=1S/C17H15FO4S/c1-12-6-5-9-14(10-12)23(21,22)16(11-15(18)17(19)20)13-7-3-2-4-8-13/h2-11,16H,1H3,(H,19,20)/b15-11-. The van der Waals surface area contributed by atoms with Crippen molar-refractivity contribution >= 4 is 15.8 Å². The molecule has 1 atom stereocenters. The number of sulfone groups is 1. The first-order valence-electron chi connectivity index (χ1n) is 6.78. The van der Waals surface area contributed by atoms with Gasteiger partial charge in [0.15, 0.2) is 9.84 Å². The molecule has 4 nitrogen and oxygen atoms in total. The minimum Gasteiger partial charge on any atom is -0.476 e. The van der Waals surface area contributed by atoms with Gasteiger partial charge in [0.25, 0.3) is 0 Å². The van der Waals surface area contributed by atoms with Gasteiger partial charge in [-0.3, -0.25) is 0 Å². The first-order valence-corrected chi connectivity index (χ1v) is 8.33. The Morgan fingerprint density at radius 1 is 1.13 bits per heavy atom. The van der Waals surface area contributed by atoms with Crippen LogP contribution in [-0.4, -0.2) is 19.5 Å². The molecule has 0 spiro atoms. The second kappa shape index (κ2) is 6.75. The Morgan fingerprint density at radius 3 is 2.35 bits per heavy atom. The highest BCUT2D eigenvalue weighted by atomic mass is 32.2. The number of rotatable bonds is 5.